The van der Waals surface area contributed by atoms with Crippen LogP contribution in [0.3, 0.4) is 0 Å². The minimum Gasteiger partial charge on any atom is -0.376 e. The van der Waals surface area contributed by atoms with Crippen LogP contribution in [0.15, 0.2) is 6.33 Å². The van der Waals surface area contributed by atoms with Gasteiger partial charge in [0.2, 0.25) is 0 Å². The number of hydrogen-bond acceptors (Lipinski definition) is 5. The summed E-state index contributed by atoms with van der Waals surface area (Å²) in [6, 6.07) is 0. The van der Waals surface area contributed by atoms with Crippen LogP contribution in [0.4, 0.5) is 11.6 Å². The number of ether oxygens (including phenoxy) is 1. The molecule has 2 N–H and O–H groups in total. The van der Waals surface area contributed by atoms with Gasteiger partial charge in [0.1, 0.15) is 18.0 Å². The summed E-state index contributed by atoms with van der Waals surface area (Å²) in [5.41, 5.74) is 1.09. The summed E-state index contributed by atoms with van der Waals surface area (Å²) in [4.78, 5) is 8.91. The van der Waals surface area contributed by atoms with E-state index in [0.717, 1.165) is 43.2 Å². The standard InChI is InChI=1S/C16H28N4O/c1-6-8-17-14-13(11(2)3)15(19-10-18-14)20-16(5)7-9-21-12(16)4/h10-12H,6-9H2,1-5H3,(H2,17,18,19,20). The SMILES string of the molecule is CCCNc1ncnc(NC2(C)CCOC2C)c1C(C)C. The normalized spacial score (nSPS) is 25.3. The summed E-state index contributed by atoms with van der Waals surface area (Å²) in [7, 11) is 0. The average Bonchev–Trinajstić information content (AvgIpc) is 2.75. The van der Waals surface area contributed by atoms with Gasteiger partial charge in [-0.2, -0.15) is 0 Å². The average molecular weight is 292 g/mol. The third-order valence-corrected chi connectivity index (χ3v) is 4.29. The maximum atomic E-state index is 5.71. The van der Waals surface area contributed by atoms with E-state index in [1.54, 1.807) is 6.33 Å². The minimum absolute atomic E-state index is 0.0694. The second kappa shape index (κ2) is 6.60. The highest BCUT2D eigenvalue weighted by atomic mass is 16.5. The number of aromatic nitrogens is 2. The van der Waals surface area contributed by atoms with Crippen molar-refractivity contribution < 1.29 is 4.74 Å². The molecule has 0 saturated carbocycles. The first-order valence-electron chi connectivity index (χ1n) is 7.96. The monoisotopic (exact) mass is 292 g/mol. The fourth-order valence-electron chi connectivity index (χ4n) is 2.70. The Bertz CT molecular complexity index is 477. The summed E-state index contributed by atoms with van der Waals surface area (Å²) >= 11 is 0. The first-order chi connectivity index (χ1) is 9.98. The number of anilines is 2. The van der Waals surface area contributed by atoms with Crippen molar-refractivity contribution in [2.75, 3.05) is 23.8 Å². The van der Waals surface area contributed by atoms with E-state index in [1.807, 2.05) is 0 Å². The number of rotatable bonds is 6. The molecule has 2 unspecified atom stereocenters. The van der Waals surface area contributed by atoms with Gasteiger partial charge in [0.25, 0.3) is 0 Å². The molecule has 1 aliphatic heterocycles. The zero-order chi connectivity index (χ0) is 15.5. The molecule has 1 saturated heterocycles. The maximum Gasteiger partial charge on any atom is 0.135 e. The molecule has 2 atom stereocenters. The molecule has 0 spiro atoms. The van der Waals surface area contributed by atoms with Gasteiger partial charge >= 0.3 is 0 Å². The highest BCUT2D eigenvalue weighted by molar-refractivity contribution is 5.60. The van der Waals surface area contributed by atoms with E-state index in [0.29, 0.717) is 5.92 Å². The van der Waals surface area contributed by atoms with E-state index in [9.17, 15) is 0 Å². The molecule has 0 amide bonds. The maximum absolute atomic E-state index is 5.71. The lowest BCUT2D eigenvalue weighted by Gasteiger charge is -2.31. The Hall–Kier alpha value is -1.36. The molecule has 0 aromatic carbocycles. The Kier molecular flexibility index (Phi) is 5.04. The molecule has 2 heterocycles. The van der Waals surface area contributed by atoms with Gasteiger partial charge in [-0.15, -0.1) is 0 Å². The number of nitrogens with zero attached hydrogens (tertiary/aromatic N) is 2. The molecule has 0 aliphatic carbocycles. The highest BCUT2D eigenvalue weighted by Crippen LogP contribution is 2.34. The zero-order valence-corrected chi connectivity index (χ0v) is 13.9. The van der Waals surface area contributed by atoms with Gasteiger partial charge < -0.3 is 15.4 Å². The molecule has 1 aliphatic rings. The van der Waals surface area contributed by atoms with Crippen molar-refractivity contribution in [3.05, 3.63) is 11.9 Å². The summed E-state index contributed by atoms with van der Waals surface area (Å²) in [5.74, 6) is 2.23. The smallest absolute Gasteiger partial charge is 0.135 e. The Morgan fingerprint density at radius 3 is 2.67 bits per heavy atom. The van der Waals surface area contributed by atoms with Crippen LogP contribution in [0.25, 0.3) is 0 Å². The predicted octanol–water partition coefficient (Wildman–Crippen LogP) is 3.40. The van der Waals surface area contributed by atoms with Crippen LogP contribution in [0, 0.1) is 0 Å². The van der Waals surface area contributed by atoms with E-state index in [2.05, 4.69) is 55.2 Å². The molecule has 5 nitrogen and oxygen atoms in total. The van der Waals surface area contributed by atoms with Crippen molar-refractivity contribution in [1.29, 1.82) is 0 Å². The van der Waals surface area contributed by atoms with Crippen LogP contribution < -0.4 is 10.6 Å². The Morgan fingerprint density at radius 1 is 1.38 bits per heavy atom. The number of nitrogens with one attached hydrogen (secondary N) is 2. The highest BCUT2D eigenvalue weighted by Gasteiger charge is 2.38. The predicted molar refractivity (Wildman–Crippen MR) is 87.0 cm³/mol. The van der Waals surface area contributed by atoms with E-state index in [-0.39, 0.29) is 11.6 Å². The third-order valence-electron chi connectivity index (χ3n) is 4.29. The first-order valence-corrected chi connectivity index (χ1v) is 7.96. The van der Waals surface area contributed by atoms with Crippen LogP contribution in [-0.2, 0) is 4.74 Å². The van der Waals surface area contributed by atoms with E-state index >= 15 is 0 Å². The van der Waals surface area contributed by atoms with Gasteiger partial charge in [-0.1, -0.05) is 20.8 Å². The quantitative estimate of drug-likeness (QED) is 0.841. The Morgan fingerprint density at radius 2 is 2.10 bits per heavy atom. The topological polar surface area (TPSA) is 59.1 Å². The van der Waals surface area contributed by atoms with Crippen molar-refractivity contribution in [3.8, 4) is 0 Å². The van der Waals surface area contributed by atoms with Crippen LogP contribution in [0.5, 0.6) is 0 Å². The van der Waals surface area contributed by atoms with Crippen molar-refractivity contribution >= 4 is 11.6 Å². The van der Waals surface area contributed by atoms with Crippen molar-refractivity contribution in [2.45, 2.75) is 65.0 Å². The molecular formula is C16H28N4O. The summed E-state index contributed by atoms with van der Waals surface area (Å²) in [6.07, 6.45) is 3.88. The van der Waals surface area contributed by atoms with E-state index in [4.69, 9.17) is 4.74 Å². The minimum atomic E-state index is -0.0694. The third kappa shape index (κ3) is 3.46. The summed E-state index contributed by atoms with van der Waals surface area (Å²) in [6.45, 7) is 12.6. The first kappa shape index (κ1) is 16.0. The van der Waals surface area contributed by atoms with Crippen LogP contribution >= 0.6 is 0 Å². The van der Waals surface area contributed by atoms with E-state index < -0.39 is 0 Å². The van der Waals surface area contributed by atoms with E-state index in [1.165, 1.54) is 0 Å². The molecule has 118 valence electrons. The molecule has 1 aromatic rings. The zero-order valence-electron chi connectivity index (χ0n) is 13.9. The van der Waals surface area contributed by atoms with Gasteiger partial charge in [0, 0.05) is 18.7 Å². The summed E-state index contributed by atoms with van der Waals surface area (Å²) < 4.78 is 5.71. The van der Waals surface area contributed by atoms with Gasteiger partial charge in [0.15, 0.2) is 0 Å². The largest absolute Gasteiger partial charge is 0.376 e. The summed E-state index contributed by atoms with van der Waals surface area (Å²) in [5, 5.41) is 7.03. The lowest BCUT2D eigenvalue weighted by Crippen LogP contribution is -2.42. The van der Waals surface area contributed by atoms with Gasteiger partial charge in [0.05, 0.1) is 11.6 Å². The molecule has 0 bridgehead atoms. The Balaban J connectivity index is 2.30. The van der Waals surface area contributed by atoms with Crippen molar-refractivity contribution in [1.82, 2.24) is 9.97 Å². The van der Waals surface area contributed by atoms with Crippen LogP contribution in [-0.4, -0.2) is 34.8 Å². The van der Waals surface area contributed by atoms with Gasteiger partial charge in [-0.3, -0.25) is 0 Å². The molecule has 0 radical (unpaired) electrons. The lowest BCUT2D eigenvalue weighted by molar-refractivity contribution is 0.105. The van der Waals surface area contributed by atoms with Gasteiger partial charge in [-0.25, -0.2) is 9.97 Å². The van der Waals surface area contributed by atoms with Crippen molar-refractivity contribution in [3.63, 3.8) is 0 Å². The Labute approximate surface area is 127 Å². The second-order valence-electron chi connectivity index (χ2n) is 6.37. The molecule has 5 heteroatoms. The molecule has 1 fully saturated rings. The number of hydrogen-bond donors (Lipinski definition) is 2. The molecular weight excluding hydrogens is 264 g/mol. The van der Waals surface area contributed by atoms with Crippen molar-refractivity contribution in [2.24, 2.45) is 0 Å². The fourth-order valence-corrected chi connectivity index (χ4v) is 2.70. The van der Waals surface area contributed by atoms with Gasteiger partial charge in [-0.05, 0) is 32.6 Å². The van der Waals surface area contributed by atoms with Crippen LogP contribution in [0.1, 0.15) is 58.9 Å². The lowest BCUT2D eigenvalue weighted by atomic mass is 9.93. The molecule has 1 aromatic heterocycles. The second-order valence-corrected chi connectivity index (χ2v) is 6.37. The fraction of sp³-hybridized carbons (Fsp3) is 0.750. The molecule has 21 heavy (non-hydrogen) atoms. The molecule has 2 rings (SSSR count). The van der Waals surface area contributed by atoms with Crippen LogP contribution in [0.2, 0.25) is 0 Å².